The number of rotatable bonds is 5. The van der Waals surface area contributed by atoms with Gasteiger partial charge in [-0.25, -0.2) is 4.79 Å². The lowest BCUT2D eigenvalue weighted by Crippen LogP contribution is -2.51. The predicted molar refractivity (Wildman–Crippen MR) is 108 cm³/mol. The Morgan fingerprint density at radius 2 is 2.00 bits per heavy atom. The summed E-state index contributed by atoms with van der Waals surface area (Å²) < 4.78 is 16.0. The van der Waals surface area contributed by atoms with Gasteiger partial charge in [0.1, 0.15) is 0 Å². The van der Waals surface area contributed by atoms with Crippen molar-refractivity contribution < 1.29 is 19.0 Å². The van der Waals surface area contributed by atoms with Crippen molar-refractivity contribution in [1.29, 1.82) is 0 Å². The minimum atomic E-state index is -0.0528. The third-order valence-corrected chi connectivity index (χ3v) is 6.10. The molecule has 8 heteroatoms. The second kappa shape index (κ2) is 10.1. The number of nitrogens with one attached hydrogen (secondary N) is 1. The Kier molecular flexibility index (Phi) is 7.49. The minimum Gasteiger partial charge on any atom is -0.493 e. The first-order valence-electron chi connectivity index (χ1n) is 9.38. The van der Waals surface area contributed by atoms with E-state index < -0.39 is 0 Å². The van der Waals surface area contributed by atoms with E-state index in [1.165, 1.54) is 0 Å². The summed E-state index contributed by atoms with van der Waals surface area (Å²) in [7, 11) is 3.19. The molecule has 1 atom stereocenters. The van der Waals surface area contributed by atoms with E-state index in [-0.39, 0.29) is 12.1 Å². The molecule has 1 aromatic rings. The largest absolute Gasteiger partial charge is 0.493 e. The lowest BCUT2D eigenvalue weighted by atomic mass is 10.2. The number of ether oxygens (including phenoxy) is 3. The van der Waals surface area contributed by atoms with E-state index in [1.807, 2.05) is 22.7 Å². The van der Waals surface area contributed by atoms with E-state index in [9.17, 15) is 4.79 Å². The fraction of sp³-hybridized carbons (Fsp3) is 0.632. The molecule has 3 rings (SSSR count). The second-order valence-corrected chi connectivity index (χ2v) is 7.84. The van der Waals surface area contributed by atoms with E-state index >= 15 is 0 Å². The second-order valence-electron chi connectivity index (χ2n) is 6.69. The molecule has 0 spiro atoms. The predicted octanol–water partition coefficient (Wildman–Crippen LogP) is 2.38. The van der Waals surface area contributed by atoms with Crippen molar-refractivity contribution >= 4 is 23.5 Å². The molecule has 0 aromatic heterocycles. The molecule has 0 bridgehead atoms. The number of urea groups is 1. The zero-order valence-corrected chi connectivity index (χ0v) is 16.9. The van der Waals surface area contributed by atoms with E-state index in [1.54, 1.807) is 26.4 Å². The maximum atomic E-state index is 13.0. The molecule has 1 aromatic carbocycles. The van der Waals surface area contributed by atoms with E-state index in [0.717, 1.165) is 57.3 Å². The van der Waals surface area contributed by atoms with Crippen molar-refractivity contribution in [2.45, 2.75) is 12.5 Å². The third-order valence-electron chi connectivity index (χ3n) is 4.91. The monoisotopic (exact) mass is 395 g/mol. The van der Waals surface area contributed by atoms with Gasteiger partial charge in [0.05, 0.1) is 33.5 Å². The van der Waals surface area contributed by atoms with Crippen molar-refractivity contribution in [3.8, 4) is 11.5 Å². The summed E-state index contributed by atoms with van der Waals surface area (Å²) in [6.45, 7) is 5.10. The number of morpholine rings is 1. The van der Waals surface area contributed by atoms with Crippen LogP contribution in [-0.4, -0.2) is 87.0 Å². The van der Waals surface area contributed by atoms with Gasteiger partial charge in [-0.2, -0.15) is 11.8 Å². The molecule has 0 radical (unpaired) electrons. The fourth-order valence-electron chi connectivity index (χ4n) is 3.44. The van der Waals surface area contributed by atoms with Crippen LogP contribution in [0.2, 0.25) is 0 Å². The summed E-state index contributed by atoms with van der Waals surface area (Å²) in [6.07, 6.45) is 1.02. The number of anilines is 1. The van der Waals surface area contributed by atoms with Crippen LogP contribution < -0.4 is 14.8 Å². The number of hydrogen-bond acceptors (Lipinski definition) is 6. The molecule has 2 saturated heterocycles. The first kappa shape index (κ1) is 20.1. The van der Waals surface area contributed by atoms with Crippen molar-refractivity contribution in [3.63, 3.8) is 0 Å². The van der Waals surface area contributed by atoms with Crippen LogP contribution in [0.25, 0.3) is 0 Å². The van der Waals surface area contributed by atoms with Crippen LogP contribution in [0.5, 0.6) is 11.5 Å². The number of hydrogen-bond donors (Lipinski definition) is 1. The number of carbonyl (C=O) groups excluding carboxylic acids is 1. The standard InChI is InChI=1S/C19H29N3O4S/c1-24-17-5-4-15(12-18(17)25-2)20-19(23)22-6-3-11-27-14-16(22)13-21-7-9-26-10-8-21/h4-5,12,16H,3,6-11,13-14H2,1-2H3,(H,20,23)/t16-/m0/s1. The summed E-state index contributed by atoms with van der Waals surface area (Å²) in [5.41, 5.74) is 0.708. The van der Waals surface area contributed by atoms with Gasteiger partial charge in [-0.15, -0.1) is 0 Å². The Labute approximate surface area is 165 Å². The van der Waals surface area contributed by atoms with Gasteiger partial charge >= 0.3 is 6.03 Å². The smallest absolute Gasteiger partial charge is 0.322 e. The van der Waals surface area contributed by atoms with Gasteiger partial charge in [0.2, 0.25) is 0 Å². The molecule has 1 N–H and O–H groups in total. The summed E-state index contributed by atoms with van der Waals surface area (Å²) >= 11 is 1.93. The first-order valence-corrected chi connectivity index (χ1v) is 10.5. The number of methoxy groups -OCH3 is 2. The Morgan fingerprint density at radius 3 is 2.74 bits per heavy atom. The maximum absolute atomic E-state index is 13.0. The normalized spacial score (nSPS) is 21.4. The third kappa shape index (κ3) is 5.43. The van der Waals surface area contributed by atoms with Gasteiger partial charge in [0, 0.05) is 43.7 Å². The van der Waals surface area contributed by atoms with Crippen LogP contribution in [0, 0.1) is 0 Å². The average Bonchev–Trinajstić information content (AvgIpc) is 2.94. The molecule has 2 heterocycles. The zero-order valence-electron chi connectivity index (χ0n) is 16.1. The highest BCUT2D eigenvalue weighted by Gasteiger charge is 2.28. The minimum absolute atomic E-state index is 0.0528. The van der Waals surface area contributed by atoms with Crippen LogP contribution in [0.4, 0.5) is 10.5 Å². The summed E-state index contributed by atoms with van der Waals surface area (Å²) in [5.74, 6) is 3.31. The number of nitrogens with zero attached hydrogens (tertiary/aromatic N) is 2. The Balaban J connectivity index is 1.67. The molecule has 0 saturated carbocycles. The highest BCUT2D eigenvalue weighted by Crippen LogP contribution is 2.30. The van der Waals surface area contributed by atoms with Gasteiger partial charge in [-0.05, 0) is 24.3 Å². The quantitative estimate of drug-likeness (QED) is 0.826. The summed E-state index contributed by atoms with van der Waals surface area (Å²) in [6, 6.07) is 5.58. The summed E-state index contributed by atoms with van der Waals surface area (Å²) in [5, 5.41) is 3.03. The Hall–Kier alpha value is -1.64. The van der Waals surface area contributed by atoms with Gasteiger partial charge < -0.3 is 24.4 Å². The van der Waals surface area contributed by atoms with Crippen LogP contribution >= 0.6 is 11.8 Å². The van der Waals surface area contributed by atoms with Crippen molar-refractivity contribution in [2.24, 2.45) is 0 Å². The molecule has 0 aliphatic carbocycles. The van der Waals surface area contributed by atoms with Gasteiger partial charge in [0.15, 0.2) is 11.5 Å². The number of amides is 2. The van der Waals surface area contributed by atoms with Gasteiger partial charge in [-0.1, -0.05) is 0 Å². The number of thioether (sulfide) groups is 1. The molecule has 7 nitrogen and oxygen atoms in total. The molecule has 27 heavy (non-hydrogen) atoms. The zero-order chi connectivity index (χ0) is 19.1. The summed E-state index contributed by atoms with van der Waals surface area (Å²) in [4.78, 5) is 17.4. The maximum Gasteiger partial charge on any atom is 0.322 e. The molecule has 0 unspecified atom stereocenters. The van der Waals surface area contributed by atoms with Gasteiger partial charge in [-0.3, -0.25) is 4.90 Å². The van der Waals surface area contributed by atoms with Crippen molar-refractivity contribution in [2.75, 3.05) is 70.4 Å². The highest BCUT2D eigenvalue weighted by atomic mass is 32.2. The molecule has 2 fully saturated rings. The highest BCUT2D eigenvalue weighted by molar-refractivity contribution is 7.99. The van der Waals surface area contributed by atoms with Crippen LogP contribution in [0.3, 0.4) is 0 Å². The molecule has 2 aliphatic heterocycles. The van der Waals surface area contributed by atoms with Crippen molar-refractivity contribution in [3.05, 3.63) is 18.2 Å². The number of benzene rings is 1. The molecule has 2 aliphatic rings. The van der Waals surface area contributed by atoms with E-state index in [0.29, 0.717) is 17.2 Å². The van der Waals surface area contributed by atoms with E-state index in [2.05, 4.69) is 10.2 Å². The Bertz CT molecular complexity index is 625. The van der Waals surface area contributed by atoms with E-state index in [4.69, 9.17) is 14.2 Å². The molecule has 2 amide bonds. The topological polar surface area (TPSA) is 63.3 Å². The van der Waals surface area contributed by atoms with Crippen LogP contribution in [0.1, 0.15) is 6.42 Å². The molecule has 150 valence electrons. The lowest BCUT2D eigenvalue weighted by molar-refractivity contribution is 0.0288. The fourth-order valence-corrected chi connectivity index (χ4v) is 4.50. The number of carbonyl (C=O) groups is 1. The van der Waals surface area contributed by atoms with Crippen LogP contribution in [0.15, 0.2) is 18.2 Å². The van der Waals surface area contributed by atoms with Crippen molar-refractivity contribution in [1.82, 2.24) is 9.80 Å². The average molecular weight is 396 g/mol. The van der Waals surface area contributed by atoms with Crippen LogP contribution in [-0.2, 0) is 4.74 Å². The molecular weight excluding hydrogens is 366 g/mol. The van der Waals surface area contributed by atoms with Gasteiger partial charge in [0.25, 0.3) is 0 Å². The first-order chi connectivity index (χ1) is 13.2. The molecular formula is C19H29N3O4S. The SMILES string of the molecule is COc1ccc(NC(=O)N2CCCSC[C@@H]2CN2CCOCC2)cc1OC. The Morgan fingerprint density at radius 1 is 1.22 bits per heavy atom. The lowest BCUT2D eigenvalue weighted by Gasteiger charge is -2.35.